The summed E-state index contributed by atoms with van der Waals surface area (Å²) in [7, 11) is 3.00. The molecular formula is C13H13N3O2. The molecule has 0 saturated heterocycles. The van der Waals surface area contributed by atoms with Gasteiger partial charge in [-0.15, -0.1) is 4.98 Å². The van der Waals surface area contributed by atoms with Crippen LogP contribution in [0.2, 0.25) is 0 Å². The van der Waals surface area contributed by atoms with Crippen LogP contribution in [0.15, 0.2) is 30.3 Å². The van der Waals surface area contributed by atoms with Crippen molar-refractivity contribution < 1.29 is 9.47 Å². The van der Waals surface area contributed by atoms with Gasteiger partial charge in [0.15, 0.2) is 5.82 Å². The zero-order chi connectivity index (χ0) is 12.8. The van der Waals surface area contributed by atoms with E-state index in [1.165, 1.54) is 14.2 Å². The maximum absolute atomic E-state index is 4.97. The summed E-state index contributed by atoms with van der Waals surface area (Å²) in [4.78, 5) is 12.1. The lowest BCUT2D eigenvalue weighted by atomic mass is 10.2. The lowest BCUT2D eigenvalue weighted by Gasteiger charge is -2.01. The topological polar surface area (TPSA) is 57.1 Å². The summed E-state index contributed by atoms with van der Waals surface area (Å²) < 4.78 is 9.95. The van der Waals surface area contributed by atoms with Gasteiger partial charge in [-0.1, -0.05) is 36.4 Å². The van der Waals surface area contributed by atoms with Crippen LogP contribution in [-0.4, -0.2) is 29.2 Å². The zero-order valence-electron chi connectivity index (χ0n) is 10.2. The normalized spacial score (nSPS) is 10.6. The molecular weight excluding hydrogens is 230 g/mol. The van der Waals surface area contributed by atoms with Gasteiger partial charge in [-0.2, -0.15) is 9.97 Å². The Balaban J connectivity index is 2.25. The van der Waals surface area contributed by atoms with Gasteiger partial charge in [-0.3, -0.25) is 0 Å². The maximum Gasteiger partial charge on any atom is 0.322 e. The van der Waals surface area contributed by atoms with Gasteiger partial charge in [0.25, 0.3) is 0 Å². The van der Waals surface area contributed by atoms with Gasteiger partial charge >= 0.3 is 12.0 Å². The van der Waals surface area contributed by atoms with Crippen molar-refractivity contribution in [2.75, 3.05) is 14.2 Å². The molecule has 0 unspecified atom stereocenters. The molecule has 1 aromatic carbocycles. The van der Waals surface area contributed by atoms with Crippen molar-refractivity contribution in [2.24, 2.45) is 0 Å². The molecule has 0 aliphatic carbocycles. The average molecular weight is 243 g/mol. The minimum Gasteiger partial charge on any atom is -0.467 e. The summed E-state index contributed by atoms with van der Waals surface area (Å²) in [5.74, 6) is 0.488. The summed E-state index contributed by atoms with van der Waals surface area (Å²) >= 11 is 0. The van der Waals surface area contributed by atoms with Crippen LogP contribution in [-0.2, 0) is 0 Å². The van der Waals surface area contributed by atoms with Crippen LogP contribution in [0.5, 0.6) is 12.0 Å². The highest BCUT2D eigenvalue weighted by Crippen LogP contribution is 2.11. The highest BCUT2D eigenvalue weighted by molar-refractivity contribution is 5.66. The number of nitrogens with zero attached hydrogens (tertiary/aromatic N) is 3. The third-order valence-corrected chi connectivity index (χ3v) is 2.20. The average Bonchev–Trinajstić information content (AvgIpc) is 2.45. The monoisotopic (exact) mass is 243 g/mol. The number of methoxy groups -OCH3 is 2. The maximum atomic E-state index is 4.97. The van der Waals surface area contributed by atoms with Crippen molar-refractivity contribution in [3.05, 3.63) is 41.7 Å². The Hall–Kier alpha value is -2.43. The number of aromatic nitrogens is 3. The molecule has 5 heteroatoms. The molecule has 2 aromatic rings. The molecule has 0 radical (unpaired) electrons. The van der Waals surface area contributed by atoms with Crippen LogP contribution < -0.4 is 9.47 Å². The second-order valence-electron chi connectivity index (χ2n) is 3.41. The predicted octanol–water partition coefficient (Wildman–Crippen LogP) is 2.06. The Kier molecular flexibility index (Phi) is 3.86. The number of hydrogen-bond donors (Lipinski definition) is 0. The first-order chi connectivity index (χ1) is 8.81. The minimum absolute atomic E-state index is 0.231. The molecule has 0 spiro atoms. The molecule has 18 heavy (non-hydrogen) atoms. The van der Waals surface area contributed by atoms with Crippen molar-refractivity contribution in [3.8, 4) is 12.0 Å². The van der Waals surface area contributed by atoms with Gasteiger partial charge in [0.05, 0.1) is 14.2 Å². The SMILES string of the molecule is COc1nc(C=Cc2ccccc2)nc(OC)n1. The van der Waals surface area contributed by atoms with E-state index in [1.807, 2.05) is 36.4 Å². The Bertz CT molecular complexity index is 519. The molecule has 92 valence electrons. The van der Waals surface area contributed by atoms with Crippen molar-refractivity contribution in [2.45, 2.75) is 0 Å². The molecule has 0 fully saturated rings. The van der Waals surface area contributed by atoms with Crippen molar-refractivity contribution >= 4 is 12.2 Å². The molecule has 0 bridgehead atoms. The molecule has 0 atom stereocenters. The summed E-state index contributed by atoms with van der Waals surface area (Å²) in [5.41, 5.74) is 1.07. The van der Waals surface area contributed by atoms with E-state index in [0.717, 1.165) is 5.56 Å². The summed E-state index contributed by atoms with van der Waals surface area (Å²) in [6, 6.07) is 10.3. The van der Waals surface area contributed by atoms with Crippen LogP contribution in [0.25, 0.3) is 12.2 Å². The molecule has 0 amide bonds. The van der Waals surface area contributed by atoms with Crippen LogP contribution in [0, 0.1) is 0 Å². The van der Waals surface area contributed by atoms with Crippen molar-refractivity contribution in [3.63, 3.8) is 0 Å². The minimum atomic E-state index is 0.231. The second kappa shape index (κ2) is 5.77. The van der Waals surface area contributed by atoms with Crippen molar-refractivity contribution in [1.82, 2.24) is 15.0 Å². The summed E-state index contributed by atoms with van der Waals surface area (Å²) in [6.07, 6.45) is 3.69. The highest BCUT2D eigenvalue weighted by Gasteiger charge is 2.04. The first-order valence-electron chi connectivity index (χ1n) is 5.39. The Morgan fingerprint density at radius 3 is 2.00 bits per heavy atom. The number of ether oxygens (including phenoxy) is 2. The molecule has 5 nitrogen and oxygen atoms in total. The molecule has 1 aromatic heterocycles. The summed E-state index contributed by atoms with van der Waals surface area (Å²) in [5, 5.41) is 0. The van der Waals surface area contributed by atoms with Crippen LogP contribution >= 0.6 is 0 Å². The largest absolute Gasteiger partial charge is 0.467 e. The van der Waals surface area contributed by atoms with E-state index in [0.29, 0.717) is 5.82 Å². The highest BCUT2D eigenvalue weighted by atomic mass is 16.5. The quantitative estimate of drug-likeness (QED) is 0.822. The molecule has 1 heterocycles. The van der Waals surface area contributed by atoms with Crippen LogP contribution in [0.3, 0.4) is 0 Å². The van der Waals surface area contributed by atoms with E-state index in [9.17, 15) is 0 Å². The van der Waals surface area contributed by atoms with Crippen LogP contribution in [0.4, 0.5) is 0 Å². The smallest absolute Gasteiger partial charge is 0.322 e. The Labute approximate surface area is 105 Å². The molecule has 0 saturated carbocycles. The predicted molar refractivity (Wildman–Crippen MR) is 68.3 cm³/mol. The first kappa shape index (κ1) is 12.0. The summed E-state index contributed by atoms with van der Waals surface area (Å²) in [6.45, 7) is 0. The molecule has 0 N–H and O–H groups in total. The number of rotatable bonds is 4. The molecule has 2 rings (SSSR count). The first-order valence-corrected chi connectivity index (χ1v) is 5.39. The second-order valence-corrected chi connectivity index (χ2v) is 3.41. The van der Waals surface area contributed by atoms with E-state index in [4.69, 9.17) is 9.47 Å². The third-order valence-electron chi connectivity index (χ3n) is 2.20. The van der Waals surface area contributed by atoms with E-state index < -0.39 is 0 Å². The van der Waals surface area contributed by atoms with E-state index in [-0.39, 0.29) is 12.0 Å². The fourth-order valence-electron chi connectivity index (χ4n) is 1.34. The van der Waals surface area contributed by atoms with Crippen LogP contribution in [0.1, 0.15) is 11.4 Å². The van der Waals surface area contributed by atoms with Gasteiger partial charge in [0.1, 0.15) is 0 Å². The molecule has 0 aliphatic heterocycles. The van der Waals surface area contributed by atoms with E-state index >= 15 is 0 Å². The number of benzene rings is 1. The number of hydrogen-bond acceptors (Lipinski definition) is 5. The standard InChI is InChI=1S/C13H13N3O2/c1-17-12-14-11(15-13(16-12)18-2)9-8-10-6-4-3-5-7-10/h3-9H,1-2H3. The lowest BCUT2D eigenvalue weighted by Crippen LogP contribution is -2.00. The van der Waals surface area contributed by atoms with E-state index in [2.05, 4.69) is 15.0 Å². The van der Waals surface area contributed by atoms with Gasteiger partial charge < -0.3 is 9.47 Å². The van der Waals surface area contributed by atoms with E-state index in [1.54, 1.807) is 6.08 Å². The Morgan fingerprint density at radius 1 is 0.833 bits per heavy atom. The van der Waals surface area contributed by atoms with Crippen molar-refractivity contribution in [1.29, 1.82) is 0 Å². The lowest BCUT2D eigenvalue weighted by molar-refractivity contribution is 0.339. The van der Waals surface area contributed by atoms with Gasteiger partial charge in [-0.25, -0.2) is 0 Å². The molecule has 0 aliphatic rings. The fraction of sp³-hybridized carbons (Fsp3) is 0.154. The van der Waals surface area contributed by atoms with Gasteiger partial charge in [-0.05, 0) is 11.6 Å². The zero-order valence-corrected chi connectivity index (χ0v) is 10.2. The Morgan fingerprint density at radius 2 is 1.44 bits per heavy atom. The van der Waals surface area contributed by atoms with Gasteiger partial charge in [0, 0.05) is 0 Å². The van der Waals surface area contributed by atoms with Gasteiger partial charge in [0.2, 0.25) is 0 Å². The fourth-order valence-corrected chi connectivity index (χ4v) is 1.34. The third kappa shape index (κ3) is 3.04.